The molecule has 1 aromatic heterocycles. The van der Waals surface area contributed by atoms with Crippen LogP contribution in [0.2, 0.25) is 0 Å². The molecule has 1 aliphatic rings. The number of benzene rings is 1. The topological polar surface area (TPSA) is 79.7 Å². The lowest BCUT2D eigenvalue weighted by Gasteiger charge is -2.27. The molecule has 3 rings (SSSR count). The first-order valence-corrected chi connectivity index (χ1v) is 10.3. The van der Waals surface area contributed by atoms with Gasteiger partial charge in [0.15, 0.2) is 0 Å². The summed E-state index contributed by atoms with van der Waals surface area (Å²) in [6.07, 6.45) is 1.61. The number of hydrazone groups is 1. The van der Waals surface area contributed by atoms with Gasteiger partial charge in [-0.2, -0.15) is 5.10 Å². The Hall–Kier alpha value is -1.97. The zero-order valence-corrected chi connectivity index (χ0v) is 17.3. The summed E-state index contributed by atoms with van der Waals surface area (Å²) in [7, 11) is 0. The van der Waals surface area contributed by atoms with Gasteiger partial charge in [0.1, 0.15) is 5.03 Å². The number of nitrogens with zero attached hydrogens (tertiary/aromatic N) is 4. The number of aryl methyl sites for hydroxylation is 1. The fourth-order valence-corrected chi connectivity index (χ4v) is 3.56. The Kier molecular flexibility index (Phi) is 7.19. The highest BCUT2D eigenvalue weighted by Crippen LogP contribution is 2.20. The van der Waals surface area contributed by atoms with Crippen molar-refractivity contribution >= 4 is 45.8 Å². The van der Waals surface area contributed by atoms with Crippen molar-refractivity contribution in [3.63, 3.8) is 0 Å². The molecule has 1 saturated heterocycles. The van der Waals surface area contributed by atoms with Gasteiger partial charge in [0.25, 0.3) is 0 Å². The molecular formula is C18H20BrN5O2S. The van der Waals surface area contributed by atoms with Crippen molar-refractivity contribution in [1.82, 2.24) is 15.4 Å². The first-order chi connectivity index (χ1) is 13.1. The Morgan fingerprint density at radius 1 is 1.37 bits per heavy atom. The van der Waals surface area contributed by atoms with E-state index < -0.39 is 0 Å². The SMILES string of the molecule is Cc1cc(SCC(=O)NN=Cc2ccccc2Br)nc(N2CCOCC2)n1. The van der Waals surface area contributed by atoms with Gasteiger partial charge < -0.3 is 9.64 Å². The maximum absolute atomic E-state index is 12.0. The van der Waals surface area contributed by atoms with Gasteiger partial charge in [-0.15, -0.1) is 0 Å². The average molecular weight is 450 g/mol. The average Bonchev–Trinajstić information content (AvgIpc) is 2.68. The minimum atomic E-state index is -0.188. The number of halogens is 1. The highest BCUT2D eigenvalue weighted by atomic mass is 79.9. The molecule has 2 heterocycles. The lowest BCUT2D eigenvalue weighted by Crippen LogP contribution is -2.37. The van der Waals surface area contributed by atoms with Crippen molar-refractivity contribution < 1.29 is 9.53 Å². The second-order valence-corrected chi connectivity index (χ2v) is 7.70. The number of hydrogen-bond acceptors (Lipinski definition) is 7. The van der Waals surface area contributed by atoms with Gasteiger partial charge in [-0.25, -0.2) is 15.4 Å². The fraction of sp³-hybridized carbons (Fsp3) is 0.333. The molecule has 9 heteroatoms. The van der Waals surface area contributed by atoms with Gasteiger partial charge >= 0.3 is 0 Å². The van der Waals surface area contributed by atoms with Gasteiger partial charge in [-0.3, -0.25) is 4.79 Å². The Morgan fingerprint density at radius 2 is 2.15 bits per heavy atom. The molecule has 0 unspecified atom stereocenters. The molecule has 0 saturated carbocycles. The van der Waals surface area contributed by atoms with E-state index in [4.69, 9.17) is 4.74 Å². The number of aromatic nitrogens is 2. The van der Waals surface area contributed by atoms with Crippen molar-refractivity contribution in [2.24, 2.45) is 5.10 Å². The van der Waals surface area contributed by atoms with E-state index >= 15 is 0 Å². The van der Waals surface area contributed by atoms with E-state index in [1.54, 1.807) is 6.21 Å². The molecule has 1 fully saturated rings. The third-order valence-electron chi connectivity index (χ3n) is 3.76. The van der Waals surface area contributed by atoms with Crippen molar-refractivity contribution in [2.75, 3.05) is 37.0 Å². The standard InChI is InChI=1S/C18H20BrN5O2S/c1-13-10-17(22-18(21-13)24-6-8-26-9-7-24)27-12-16(25)23-20-11-14-4-2-3-5-15(14)19/h2-5,10-11H,6-9,12H2,1H3,(H,23,25). The van der Waals surface area contributed by atoms with Crippen LogP contribution in [0.25, 0.3) is 0 Å². The Labute approximate surface area is 170 Å². The zero-order chi connectivity index (χ0) is 19.1. The van der Waals surface area contributed by atoms with Crippen LogP contribution in [0.1, 0.15) is 11.3 Å². The number of anilines is 1. The molecular weight excluding hydrogens is 430 g/mol. The fourth-order valence-electron chi connectivity index (χ4n) is 2.43. The van der Waals surface area contributed by atoms with Gasteiger partial charge in [0.2, 0.25) is 11.9 Å². The predicted octanol–water partition coefficient (Wildman–Crippen LogP) is 2.63. The van der Waals surface area contributed by atoms with E-state index in [1.165, 1.54) is 11.8 Å². The van der Waals surface area contributed by atoms with Crippen LogP contribution in [-0.2, 0) is 9.53 Å². The van der Waals surface area contributed by atoms with Crippen LogP contribution in [0.4, 0.5) is 5.95 Å². The quantitative estimate of drug-likeness (QED) is 0.316. The van der Waals surface area contributed by atoms with Crippen LogP contribution in [0.3, 0.4) is 0 Å². The number of rotatable bonds is 6. The minimum absolute atomic E-state index is 0.188. The largest absolute Gasteiger partial charge is 0.378 e. The van der Waals surface area contributed by atoms with E-state index in [1.807, 2.05) is 37.3 Å². The third kappa shape index (κ3) is 6.02. The molecule has 0 aliphatic carbocycles. The molecule has 0 bridgehead atoms. The number of carbonyl (C=O) groups excluding carboxylic acids is 1. The molecule has 0 atom stereocenters. The summed E-state index contributed by atoms with van der Waals surface area (Å²) in [6, 6.07) is 9.54. The summed E-state index contributed by atoms with van der Waals surface area (Å²) in [5.74, 6) is 0.729. The summed E-state index contributed by atoms with van der Waals surface area (Å²) in [6.45, 7) is 4.84. The smallest absolute Gasteiger partial charge is 0.250 e. The van der Waals surface area contributed by atoms with Crippen LogP contribution in [-0.4, -0.2) is 54.1 Å². The zero-order valence-electron chi connectivity index (χ0n) is 14.9. The van der Waals surface area contributed by atoms with E-state index in [0.29, 0.717) is 19.2 Å². The third-order valence-corrected chi connectivity index (χ3v) is 5.40. The molecule has 2 aromatic rings. The molecule has 0 radical (unpaired) electrons. The number of nitrogens with one attached hydrogen (secondary N) is 1. The summed E-state index contributed by atoms with van der Waals surface area (Å²) < 4.78 is 6.29. The van der Waals surface area contributed by atoms with Crippen LogP contribution < -0.4 is 10.3 Å². The number of ether oxygens (including phenoxy) is 1. The molecule has 1 aromatic carbocycles. The maximum Gasteiger partial charge on any atom is 0.250 e. The van der Waals surface area contributed by atoms with Crippen LogP contribution >= 0.6 is 27.7 Å². The lowest BCUT2D eigenvalue weighted by atomic mass is 10.2. The Morgan fingerprint density at radius 3 is 2.93 bits per heavy atom. The molecule has 27 heavy (non-hydrogen) atoms. The van der Waals surface area contributed by atoms with E-state index in [9.17, 15) is 4.79 Å². The molecule has 142 valence electrons. The van der Waals surface area contributed by atoms with Gasteiger partial charge in [0, 0.05) is 28.8 Å². The van der Waals surface area contributed by atoms with Crippen LogP contribution in [0, 0.1) is 6.92 Å². The molecule has 1 aliphatic heterocycles. The lowest BCUT2D eigenvalue weighted by molar-refractivity contribution is -0.118. The van der Waals surface area contributed by atoms with Crippen LogP contribution in [0.5, 0.6) is 0 Å². The van der Waals surface area contributed by atoms with Crippen molar-refractivity contribution in [2.45, 2.75) is 11.9 Å². The van der Waals surface area contributed by atoms with Gasteiger partial charge in [0.05, 0.1) is 25.2 Å². The highest BCUT2D eigenvalue weighted by Gasteiger charge is 2.15. The predicted molar refractivity (Wildman–Crippen MR) is 110 cm³/mol. The summed E-state index contributed by atoms with van der Waals surface area (Å²) in [5.41, 5.74) is 4.31. The van der Waals surface area contributed by atoms with Gasteiger partial charge in [-0.1, -0.05) is 45.9 Å². The number of thioether (sulfide) groups is 1. The summed E-state index contributed by atoms with van der Waals surface area (Å²) >= 11 is 4.80. The molecule has 1 amide bonds. The van der Waals surface area contributed by atoms with E-state index in [-0.39, 0.29) is 11.7 Å². The number of amides is 1. The Balaban J connectivity index is 1.54. The van der Waals surface area contributed by atoms with E-state index in [0.717, 1.165) is 33.8 Å². The van der Waals surface area contributed by atoms with Crippen LogP contribution in [0.15, 0.2) is 44.9 Å². The highest BCUT2D eigenvalue weighted by molar-refractivity contribution is 9.10. The summed E-state index contributed by atoms with van der Waals surface area (Å²) in [4.78, 5) is 23.2. The number of morpholine rings is 1. The first-order valence-electron chi connectivity index (χ1n) is 8.49. The minimum Gasteiger partial charge on any atom is -0.378 e. The van der Waals surface area contributed by atoms with Crippen molar-refractivity contribution in [1.29, 1.82) is 0 Å². The molecule has 1 N–H and O–H groups in total. The summed E-state index contributed by atoms with van der Waals surface area (Å²) in [5, 5.41) is 4.77. The monoisotopic (exact) mass is 449 g/mol. The van der Waals surface area contributed by atoms with Gasteiger partial charge in [-0.05, 0) is 19.1 Å². The number of carbonyl (C=O) groups is 1. The normalized spacial score (nSPS) is 14.5. The number of hydrogen-bond donors (Lipinski definition) is 1. The second kappa shape index (κ2) is 9.82. The van der Waals surface area contributed by atoms with Crippen molar-refractivity contribution in [3.05, 3.63) is 46.1 Å². The van der Waals surface area contributed by atoms with E-state index in [2.05, 4.69) is 41.3 Å². The Bertz CT molecular complexity index is 827. The van der Waals surface area contributed by atoms with Crippen molar-refractivity contribution in [3.8, 4) is 0 Å². The first kappa shape index (κ1) is 19.8. The maximum atomic E-state index is 12.0. The molecule has 0 spiro atoms. The second-order valence-electron chi connectivity index (χ2n) is 5.85. The molecule has 7 nitrogen and oxygen atoms in total.